The lowest BCUT2D eigenvalue weighted by molar-refractivity contribution is -0.116. The van der Waals surface area contributed by atoms with Gasteiger partial charge in [0, 0.05) is 7.05 Å². The van der Waals surface area contributed by atoms with E-state index in [0.717, 1.165) is 0 Å². The predicted octanol–water partition coefficient (Wildman–Crippen LogP) is 2.16. The van der Waals surface area contributed by atoms with Gasteiger partial charge in [0.15, 0.2) is 11.5 Å². The Morgan fingerprint density at radius 3 is 2.67 bits per heavy atom. The molecule has 1 heterocycles. The van der Waals surface area contributed by atoms with E-state index in [9.17, 15) is 9.59 Å². The van der Waals surface area contributed by atoms with Crippen molar-refractivity contribution in [3.63, 3.8) is 0 Å². The number of carbonyl (C=O) groups is 2. The minimum Gasteiger partial charge on any atom is -0.493 e. The number of furan rings is 1. The number of amides is 1. The van der Waals surface area contributed by atoms with Gasteiger partial charge in [-0.25, -0.2) is 4.79 Å². The third-order valence-corrected chi connectivity index (χ3v) is 3.02. The summed E-state index contributed by atoms with van der Waals surface area (Å²) in [5.41, 5.74) is 0.490. The van der Waals surface area contributed by atoms with Crippen LogP contribution in [0.2, 0.25) is 0 Å². The number of methoxy groups -OCH3 is 1. The Kier molecular flexibility index (Phi) is 5.36. The largest absolute Gasteiger partial charge is 0.493 e. The van der Waals surface area contributed by atoms with Crippen LogP contribution in [0.4, 0.5) is 0 Å². The van der Waals surface area contributed by atoms with Crippen molar-refractivity contribution >= 4 is 18.0 Å². The highest BCUT2D eigenvalue weighted by molar-refractivity contribution is 6.01. The van der Waals surface area contributed by atoms with Crippen LogP contribution in [-0.4, -0.2) is 26.0 Å². The minimum absolute atomic E-state index is 0.0557. The van der Waals surface area contributed by atoms with E-state index in [-0.39, 0.29) is 22.8 Å². The molecule has 7 nitrogen and oxygen atoms in total. The van der Waals surface area contributed by atoms with E-state index < -0.39 is 11.9 Å². The molecule has 1 aromatic carbocycles. The summed E-state index contributed by atoms with van der Waals surface area (Å²) in [6.07, 6.45) is 2.77. The summed E-state index contributed by atoms with van der Waals surface area (Å²) in [4.78, 5) is 23.4. The summed E-state index contributed by atoms with van der Waals surface area (Å²) in [6.45, 7) is 0. The molecular weight excluding hydrogens is 312 g/mol. The molecule has 1 amide bonds. The number of nitrogens with one attached hydrogen (secondary N) is 1. The number of ether oxygens (including phenoxy) is 2. The first-order valence-electron chi connectivity index (χ1n) is 6.86. The van der Waals surface area contributed by atoms with Crippen LogP contribution in [0.15, 0.2) is 46.6 Å². The Balaban J connectivity index is 2.28. The predicted molar refractivity (Wildman–Crippen MR) is 84.3 cm³/mol. The molecule has 0 saturated heterocycles. The van der Waals surface area contributed by atoms with Crippen molar-refractivity contribution in [3.05, 3.63) is 53.5 Å². The summed E-state index contributed by atoms with van der Waals surface area (Å²) in [5, 5.41) is 11.4. The van der Waals surface area contributed by atoms with E-state index in [2.05, 4.69) is 5.32 Å². The monoisotopic (exact) mass is 326 g/mol. The van der Waals surface area contributed by atoms with Crippen LogP contribution in [0.3, 0.4) is 0 Å². The molecule has 7 heteroatoms. The van der Waals surface area contributed by atoms with Gasteiger partial charge in [-0.2, -0.15) is 5.26 Å². The third-order valence-electron chi connectivity index (χ3n) is 3.02. The van der Waals surface area contributed by atoms with E-state index in [1.807, 2.05) is 6.07 Å². The fraction of sp³-hybridized carbons (Fsp3) is 0.118. The number of nitrogens with zero attached hydrogens (tertiary/aromatic N) is 1. The average molecular weight is 326 g/mol. The normalized spacial score (nSPS) is 10.6. The molecule has 1 aromatic heterocycles. The number of rotatable bonds is 5. The zero-order chi connectivity index (χ0) is 17.5. The number of hydrogen-bond donors (Lipinski definition) is 1. The van der Waals surface area contributed by atoms with E-state index >= 15 is 0 Å². The molecular formula is C17H14N2O5. The molecule has 122 valence electrons. The van der Waals surface area contributed by atoms with E-state index in [0.29, 0.717) is 5.56 Å². The topological polar surface area (TPSA) is 102 Å². The number of nitriles is 1. The van der Waals surface area contributed by atoms with Crippen LogP contribution in [0.5, 0.6) is 11.5 Å². The SMILES string of the molecule is CNC(=O)/C(C#N)=C/c1ccc(OC(=O)c2ccco2)c(OC)c1. The lowest BCUT2D eigenvalue weighted by Gasteiger charge is -2.09. The highest BCUT2D eigenvalue weighted by Gasteiger charge is 2.15. The van der Waals surface area contributed by atoms with Gasteiger partial charge in [-0.3, -0.25) is 4.79 Å². The van der Waals surface area contributed by atoms with Crippen LogP contribution in [0, 0.1) is 11.3 Å². The standard InChI is InChI=1S/C17H14N2O5/c1-19-16(20)12(10-18)8-11-5-6-13(15(9-11)22-2)24-17(21)14-4-3-7-23-14/h3-9H,1-2H3,(H,19,20)/b12-8+. The van der Waals surface area contributed by atoms with Crippen LogP contribution >= 0.6 is 0 Å². The lowest BCUT2D eigenvalue weighted by atomic mass is 10.1. The van der Waals surface area contributed by atoms with Crippen molar-refractivity contribution in [1.29, 1.82) is 5.26 Å². The van der Waals surface area contributed by atoms with Gasteiger partial charge < -0.3 is 19.2 Å². The van der Waals surface area contributed by atoms with Gasteiger partial charge in [-0.05, 0) is 35.9 Å². The maximum Gasteiger partial charge on any atom is 0.379 e. The van der Waals surface area contributed by atoms with Gasteiger partial charge in [0.1, 0.15) is 11.6 Å². The quantitative estimate of drug-likeness (QED) is 0.391. The fourth-order valence-corrected chi connectivity index (χ4v) is 1.85. The smallest absolute Gasteiger partial charge is 0.379 e. The molecule has 0 radical (unpaired) electrons. The fourth-order valence-electron chi connectivity index (χ4n) is 1.85. The van der Waals surface area contributed by atoms with Crippen molar-refractivity contribution in [2.75, 3.05) is 14.2 Å². The Hall–Kier alpha value is -3.53. The van der Waals surface area contributed by atoms with Crippen LogP contribution in [0.25, 0.3) is 6.08 Å². The molecule has 0 bridgehead atoms. The van der Waals surface area contributed by atoms with Crippen molar-refractivity contribution < 1.29 is 23.5 Å². The summed E-state index contributed by atoms with van der Waals surface area (Å²) >= 11 is 0. The average Bonchev–Trinajstić information content (AvgIpc) is 3.14. The van der Waals surface area contributed by atoms with Gasteiger partial charge in [0.05, 0.1) is 13.4 Å². The van der Waals surface area contributed by atoms with Crippen molar-refractivity contribution in [2.45, 2.75) is 0 Å². The van der Waals surface area contributed by atoms with Crippen molar-refractivity contribution in [3.8, 4) is 17.6 Å². The Labute approximate surface area is 138 Å². The maximum atomic E-state index is 11.9. The Morgan fingerprint density at radius 2 is 2.08 bits per heavy atom. The van der Waals surface area contributed by atoms with Crippen molar-refractivity contribution in [1.82, 2.24) is 5.32 Å². The third kappa shape index (κ3) is 3.81. The van der Waals surface area contributed by atoms with Gasteiger partial charge in [0.2, 0.25) is 5.76 Å². The number of benzene rings is 1. The second-order valence-electron chi connectivity index (χ2n) is 4.53. The van der Waals surface area contributed by atoms with Crippen LogP contribution in [-0.2, 0) is 4.79 Å². The van der Waals surface area contributed by atoms with Gasteiger partial charge in [0.25, 0.3) is 5.91 Å². The molecule has 2 rings (SSSR count). The van der Waals surface area contributed by atoms with Gasteiger partial charge in [-0.1, -0.05) is 6.07 Å². The number of esters is 1. The molecule has 0 fully saturated rings. The van der Waals surface area contributed by atoms with Crippen LogP contribution in [0.1, 0.15) is 16.1 Å². The molecule has 24 heavy (non-hydrogen) atoms. The summed E-state index contributed by atoms with van der Waals surface area (Å²) < 4.78 is 15.4. The Bertz CT molecular complexity index is 816. The summed E-state index contributed by atoms with van der Waals surface area (Å²) in [6, 6.07) is 9.51. The highest BCUT2D eigenvalue weighted by atomic mass is 16.6. The first kappa shape index (κ1) is 16.8. The van der Waals surface area contributed by atoms with Crippen molar-refractivity contribution in [2.24, 2.45) is 0 Å². The molecule has 0 atom stereocenters. The first-order chi connectivity index (χ1) is 11.6. The highest BCUT2D eigenvalue weighted by Crippen LogP contribution is 2.29. The molecule has 2 aromatic rings. The van der Waals surface area contributed by atoms with Gasteiger partial charge in [-0.15, -0.1) is 0 Å². The minimum atomic E-state index is -0.662. The second kappa shape index (κ2) is 7.65. The van der Waals surface area contributed by atoms with Crippen LogP contribution < -0.4 is 14.8 Å². The molecule has 1 N–H and O–H groups in total. The summed E-state index contributed by atoms with van der Waals surface area (Å²) in [7, 11) is 2.85. The molecule has 0 aliphatic rings. The van der Waals surface area contributed by atoms with E-state index in [1.165, 1.54) is 38.6 Å². The molecule has 0 unspecified atom stereocenters. The van der Waals surface area contributed by atoms with Gasteiger partial charge >= 0.3 is 5.97 Å². The Morgan fingerprint density at radius 1 is 1.29 bits per heavy atom. The molecule has 0 saturated carbocycles. The zero-order valence-electron chi connectivity index (χ0n) is 13.0. The maximum absolute atomic E-state index is 11.9. The second-order valence-corrected chi connectivity index (χ2v) is 4.53. The molecule has 0 spiro atoms. The first-order valence-corrected chi connectivity index (χ1v) is 6.86. The zero-order valence-corrected chi connectivity index (χ0v) is 13.0. The molecule has 0 aliphatic heterocycles. The number of likely N-dealkylation sites (N-methyl/N-ethyl adjacent to an activating group) is 1. The van der Waals surface area contributed by atoms with E-state index in [1.54, 1.807) is 18.2 Å². The molecule has 0 aliphatic carbocycles. The number of hydrogen-bond acceptors (Lipinski definition) is 6. The van der Waals surface area contributed by atoms with E-state index in [4.69, 9.17) is 19.2 Å². The lowest BCUT2D eigenvalue weighted by Crippen LogP contribution is -2.19. The summed E-state index contributed by atoms with van der Waals surface area (Å²) in [5.74, 6) is -0.630. The number of carbonyl (C=O) groups excluding carboxylic acids is 2.